The fourth-order valence-electron chi connectivity index (χ4n) is 1.97. The highest BCUT2D eigenvalue weighted by molar-refractivity contribution is 5.56. The molecular weight excluding hydrogens is 252 g/mol. The van der Waals surface area contributed by atoms with E-state index >= 15 is 0 Å². The first kappa shape index (κ1) is 13.6. The van der Waals surface area contributed by atoms with Crippen LogP contribution in [0, 0.1) is 11.6 Å². The number of benzene rings is 1. The van der Waals surface area contributed by atoms with Crippen LogP contribution in [0.1, 0.15) is 26.6 Å². The highest BCUT2D eigenvalue weighted by atomic mass is 19.1. The van der Waals surface area contributed by atoms with Crippen LogP contribution >= 0.6 is 0 Å². The fraction of sp³-hybridized carbons (Fsp3) is 0.385. The van der Waals surface area contributed by atoms with Crippen molar-refractivity contribution >= 4 is 0 Å². The Hall–Kier alpha value is -1.82. The molecule has 0 unspecified atom stereocenters. The lowest BCUT2D eigenvalue weighted by molar-refractivity contribution is 0.250. The Bertz CT molecular complexity index is 602. The molecule has 0 saturated heterocycles. The van der Waals surface area contributed by atoms with Crippen LogP contribution in [0.3, 0.4) is 0 Å². The predicted molar refractivity (Wildman–Crippen MR) is 66.3 cm³/mol. The van der Waals surface area contributed by atoms with E-state index in [1.807, 2.05) is 20.8 Å². The summed E-state index contributed by atoms with van der Waals surface area (Å²) in [6.07, 6.45) is 0. The maximum absolute atomic E-state index is 13.8. The molecule has 0 aliphatic rings. The molecule has 2 rings (SSSR count). The van der Waals surface area contributed by atoms with Gasteiger partial charge in [0.25, 0.3) is 0 Å². The summed E-state index contributed by atoms with van der Waals surface area (Å²) in [5.74, 6) is -0.617. The van der Waals surface area contributed by atoms with Crippen LogP contribution in [0.4, 0.5) is 8.78 Å². The van der Waals surface area contributed by atoms with E-state index in [2.05, 4.69) is 10.2 Å². The minimum absolute atomic E-state index is 0.0297. The summed E-state index contributed by atoms with van der Waals surface area (Å²) in [5.41, 5.74) is -0.433. The van der Waals surface area contributed by atoms with Gasteiger partial charge >= 0.3 is 0 Å². The molecule has 0 saturated carbocycles. The van der Waals surface area contributed by atoms with Gasteiger partial charge in [0.2, 0.25) is 0 Å². The molecule has 19 heavy (non-hydrogen) atoms. The highest BCUT2D eigenvalue weighted by Crippen LogP contribution is 2.28. The maximum Gasteiger partial charge on any atom is 0.167 e. The van der Waals surface area contributed by atoms with E-state index in [1.165, 1.54) is 0 Å². The van der Waals surface area contributed by atoms with Gasteiger partial charge in [0.05, 0.1) is 5.56 Å². The monoisotopic (exact) mass is 267 g/mol. The Kier molecular flexibility index (Phi) is 3.36. The van der Waals surface area contributed by atoms with Crippen molar-refractivity contribution in [1.82, 2.24) is 14.8 Å². The molecule has 1 heterocycles. The second kappa shape index (κ2) is 4.70. The number of hydrogen-bond donors (Lipinski definition) is 1. The third-order valence-electron chi connectivity index (χ3n) is 2.71. The lowest BCUT2D eigenvalue weighted by Gasteiger charge is -2.24. The summed E-state index contributed by atoms with van der Waals surface area (Å²) >= 11 is 0. The maximum atomic E-state index is 13.8. The number of halogens is 2. The van der Waals surface area contributed by atoms with Crippen LogP contribution in [0.15, 0.2) is 18.2 Å². The van der Waals surface area contributed by atoms with E-state index in [0.29, 0.717) is 5.82 Å². The fourth-order valence-corrected chi connectivity index (χ4v) is 1.97. The summed E-state index contributed by atoms with van der Waals surface area (Å²) in [6.45, 7) is 5.30. The molecule has 0 atom stereocenters. The largest absolute Gasteiger partial charge is 0.388 e. The lowest BCUT2D eigenvalue weighted by Crippen LogP contribution is -2.25. The topological polar surface area (TPSA) is 50.9 Å². The van der Waals surface area contributed by atoms with Gasteiger partial charge in [-0.1, -0.05) is 0 Å². The van der Waals surface area contributed by atoms with Crippen LogP contribution in [-0.4, -0.2) is 19.9 Å². The zero-order chi connectivity index (χ0) is 14.2. The minimum Gasteiger partial charge on any atom is -0.388 e. The number of aliphatic hydroxyl groups is 1. The summed E-state index contributed by atoms with van der Waals surface area (Å²) in [6, 6.07) is 3.16. The van der Waals surface area contributed by atoms with Gasteiger partial charge < -0.3 is 9.67 Å². The molecule has 102 valence electrons. The van der Waals surface area contributed by atoms with Gasteiger partial charge in [-0.25, -0.2) is 8.78 Å². The van der Waals surface area contributed by atoms with Crippen LogP contribution in [0.25, 0.3) is 11.4 Å². The molecule has 0 spiro atoms. The molecule has 0 fully saturated rings. The number of nitrogens with zero attached hydrogens (tertiary/aromatic N) is 3. The molecule has 0 amide bonds. The van der Waals surface area contributed by atoms with E-state index in [4.69, 9.17) is 0 Å². The van der Waals surface area contributed by atoms with Crippen molar-refractivity contribution in [2.24, 2.45) is 0 Å². The van der Waals surface area contributed by atoms with Crippen molar-refractivity contribution in [3.63, 3.8) is 0 Å². The summed E-state index contributed by atoms with van der Waals surface area (Å²) in [4.78, 5) is 0. The van der Waals surface area contributed by atoms with Gasteiger partial charge in [0.15, 0.2) is 11.6 Å². The molecule has 2 aromatic rings. The summed E-state index contributed by atoms with van der Waals surface area (Å²) in [5, 5.41) is 17.0. The third-order valence-corrected chi connectivity index (χ3v) is 2.71. The number of rotatable bonds is 2. The predicted octanol–water partition coefficient (Wildman–Crippen LogP) is 2.47. The van der Waals surface area contributed by atoms with Crippen molar-refractivity contribution in [3.05, 3.63) is 35.7 Å². The van der Waals surface area contributed by atoms with Crippen molar-refractivity contribution in [2.75, 3.05) is 0 Å². The molecule has 0 aliphatic carbocycles. The summed E-state index contributed by atoms with van der Waals surface area (Å²) < 4.78 is 28.7. The van der Waals surface area contributed by atoms with Crippen molar-refractivity contribution in [1.29, 1.82) is 0 Å². The second-order valence-electron chi connectivity index (χ2n) is 5.23. The first-order valence-corrected chi connectivity index (χ1v) is 5.85. The average Bonchev–Trinajstić information content (AvgIpc) is 2.75. The summed E-state index contributed by atoms with van der Waals surface area (Å²) in [7, 11) is 0. The van der Waals surface area contributed by atoms with E-state index in [0.717, 1.165) is 18.2 Å². The zero-order valence-corrected chi connectivity index (χ0v) is 11.0. The molecule has 1 N–H and O–H groups in total. The van der Waals surface area contributed by atoms with E-state index < -0.39 is 17.2 Å². The Morgan fingerprint density at radius 2 is 1.89 bits per heavy atom. The van der Waals surface area contributed by atoms with Crippen LogP contribution < -0.4 is 0 Å². The Morgan fingerprint density at radius 3 is 2.47 bits per heavy atom. The third kappa shape index (κ3) is 2.49. The first-order valence-electron chi connectivity index (χ1n) is 5.85. The zero-order valence-electron chi connectivity index (χ0n) is 11.0. The quantitative estimate of drug-likeness (QED) is 0.909. The second-order valence-corrected chi connectivity index (χ2v) is 5.23. The Morgan fingerprint density at radius 1 is 1.21 bits per heavy atom. The average molecular weight is 267 g/mol. The van der Waals surface area contributed by atoms with E-state index in [1.54, 1.807) is 4.57 Å². The smallest absolute Gasteiger partial charge is 0.167 e. The molecule has 4 nitrogen and oxygen atoms in total. The Balaban J connectivity index is 2.69. The van der Waals surface area contributed by atoms with Crippen LogP contribution in [0.2, 0.25) is 0 Å². The standard InChI is InChI=1S/C13H15F2N3O/c1-13(2,3)18-11(7-19)16-17-12(18)9-6-8(14)4-5-10(9)15/h4-6,19H,7H2,1-3H3. The normalized spacial score (nSPS) is 11.9. The highest BCUT2D eigenvalue weighted by Gasteiger charge is 2.25. The van der Waals surface area contributed by atoms with Crippen molar-refractivity contribution < 1.29 is 13.9 Å². The first-order chi connectivity index (χ1) is 8.84. The molecular formula is C13H15F2N3O. The van der Waals surface area contributed by atoms with E-state index in [9.17, 15) is 13.9 Å². The lowest BCUT2D eigenvalue weighted by atomic mass is 10.1. The van der Waals surface area contributed by atoms with E-state index in [-0.39, 0.29) is 18.0 Å². The molecule has 1 aromatic heterocycles. The van der Waals surface area contributed by atoms with Crippen LogP contribution in [0.5, 0.6) is 0 Å². The van der Waals surface area contributed by atoms with Gasteiger partial charge in [0.1, 0.15) is 18.2 Å². The van der Waals surface area contributed by atoms with Crippen molar-refractivity contribution in [3.8, 4) is 11.4 Å². The number of hydrogen-bond acceptors (Lipinski definition) is 3. The molecule has 0 aliphatic heterocycles. The molecule has 0 radical (unpaired) electrons. The SMILES string of the molecule is CC(C)(C)n1c(CO)nnc1-c1cc(F)ccc1F. The van der Waals surface area contributed by atoms with Gasteiger partial charge in [-0.2, -0.15) is 0 Å². The van der Waals surface area contributed by atoms with Gasteiger partial charge in [0, 0.05) is 5.54 Å². The number of aromatic nitrogens is 3. The van der Waals surface area contributed by atoms with Crippen molar-refractivity contribution in [2.45, 2.75) is 32.9 Å². The molecule has 0 bridgehead atoms. The minimum atomic E-state index is -0.580. The van der Waals surface area contributed by atoms with Gasteiger partial charge in [-0.3, -0.25) is 0 Å². The van der Waals surface area contributed by atoms with Gasteiger partial charge in [-0.15, -0.1) is 10.2 Å². The molecule has 1 aromatic carbocycles. The van der Waals surface area contributed by atoms with Crippen LogP contribution in [-0.2, 0) is 12.1 Å². The van der Waals surface area contributed by atoms with Gasteiger partial charge in [-0.05, 0) is 39.0 Å². The number of aliphatic hydroxyl groups excluding tert-OH is 1. The Labute approximate surface area is 109 Å². The molecule has 6 heteroatoms.